The van der Waals surface area contributed by atoms with Crippen LogP contribution in [0.3, 0.4) is 0 Å². The van der Waals surface area contributed by atoms with E-state index >= 15 is 0 Å². The molecule has 0 atom stereocenters. The number of aromatic nitrogens is 6. The van der Waals surface area contributed by atoms with Crippen LogP contribution in [0.1, 0.15) is 7.43 Å². The highest BCUT2D eigenvalue weighted by Gasteiger charge is 2.10. The zero-order valence-corrected chi connectivity index (χ0v) is 29.5. The van der Waals surface area contributed by atoms with Crippen LogP contribution >= 0.6 is 11.6 Å². The molecule has 0 saturated heterocycles. The van der Waals surface area contributed by atoms with Crippen molar-refractivity contribution in [1.29, 1.82) is 0 Å². The smallest absolute Gasteiger partial charge is 0.300 e. The van der Waals surface area contributed by atoms with E-state index in [0.717, 1.165) is 61.2 Å². The Morgan fingerprint density at radius 3 is 1.50 bits per heavy atom. The number of nitrogens with two attached hydrogens (primary N) is 1. The maximum atomic E-state index is 11.9. The van der Waals surface area contributed by atoms with Gasteiger partial charge in [0.1, 0.15) is 11.0 Å². The fraction of sp³-hybridized carbons (Fsp3) is 0.0233. The van der Waals surface area contributed by atoms with Gasteiger partial charge < -0.3 is 19.9 Å². The highest BCUT2D eigenvalue weighted by atomic mass is 35.5. The van der Waals surface area contributed by atoms with Crippen molar-refractivity contribution in [2.75, 3.05) is 11.1 Å². The monoisotopic (exact) mass is 760 g/mol. The van der Waals surface area contributed by atoms with E-state index in [9.17, 15) is 9.59 Å². The van der Waals surface area contributed by atoms with Crippen LogP contribution in [0.4, 0.5) is 17.4 Å². The molecule has 4 aromatic heterocycles. The summed E-state index contributed by atoms with van der Waals surface area (Å²) in [4.78, 5) is 31.9. The number of anilines is 3. The lowest BCUT2D eigenvalue weighted by Gasteiger charge is -2.06. The predicted octanol–water partition coefficient (Wildman–Crippen LogP) is 9.76. The fourth-order valence-corrected chi connectivity index (χ4v) is 6.09. The summed E-state index contributed by atoms with van der Waals surface area (Å²) in [5, 5.41) is 19.7. The normalized spacial score (nSPS) is 10.7. The molecule has 10 aromatic rings. The number of fused-ring (bicyclic) bond motifs is 4. The Balaban J connectivity index is 0.000000142. The Bertz CT molecular complexity index is 2980. The largest absolute Gasteiger partial charge is 0.428 e. The van der Waals surface area contributed by atoms with Crippen molar-refractivity contribution in [3.05, 3.63) is 172 Å². The molecule has 0 saturated carbocycles. The third-order valence-electron chi connectivity index (χ3n) is 8.55. The predicted molar refractivity (Wildman–Crippen MR) is 223 cm³/mol. The highest BCUT2D eigenvalue weighted by Crippen LogP contribution is 2.28. The average molecular weight is 761 g/mol. The molecular formula is C43H33ClN8O4. The minimum absolute atomic E-state index is 0. The van der Waals surface area contributed by atoms with E-state index in [1.165, 1.54) is 0 Å². The van der Waals surface area contributed by atoms with Gasteiger partial charge in [-0.3, -0.25) is 9.59 Å². The summed E-state index contributed by atoms with van der Waals surface area (Å²) in [6.07, 6.45) is 0. The number of halogens is 1. The van der Waals surface area contributed by atoms with E-state index in [-0.39, 0.29) is 23.9 Å². The first kappa shape index (κ1) is 36.8. The minimum atomic E-state index is -0.191. The Labute approximate surface area is 323 Å². The highest BCUT2D eigenvalue weighted by molar-refractivity contribution is 6.28. The van der Waals surface area contributed by atoms with Gasteiger partial charge >= 0.3 is 0 Å². The molecule has 13 heteroatoms. The minimum Gasteiger partial charge on any atom is -0.428 e. The van der Waals surface area contributed by atoms with Gasteiger partial charge in [0.15, 0.2) is 11.2 Å². The Kier molecular flexibility index (Phi) is 10.6. The van der Waals surface area contributed by atoms with Gasteiger partial charge in [-0.05, 0) is 72.3 Å². The molecule has 0 radical (unpaired) electrons. The first-order chi connectivity index (χ1) is 26.9. The van der Waals surface area contributed by atoms with Crippen LogP contribution in [-0.4, -0.2) is 30.4 Å². The first-order valence-electron chi connectivity index (χ1n) is 16.9. The van der Waals surface area contributed by atoms with Gasteiger partial charge in [-0.1, -0.05) is 92.4 Å². The number of hydrogen-bond donors (Lipinski definition) is 4. The average Bonchev–Trinajstić information content (AvgIpc) is 3.82. The van der Waals surface area contributed by atoms with Crippen LogP contribution in [0.2, 0.25) is 5.35 Å². The third-order valence-corrected chi connectivity index (χ3v) is 8.71. The van der Waals surface area contributed by atoms with Gasteiger partial charge in [0.25, 0.3) is 22.5 Å². The van der Waals surface area contributed by atoms with Gasteiger partial charge in [0, 0.05) is 33.3 Å². The van der Waals surface area contributed by atoms with Crippen LogP contribution in [0.25, 0.3) is 66.3 Å². The SMILES string of the molecule is C.Clc1nc2ccccc2o1.Nc1ccc(-c2n[nH]c(=O)c3ccccc23)cc1.O=c1[nH]nc(-c2ccc(Nc3nc4ccccc4o3)cc2)c2ccccc12. The van der Waals surface area contributed by atoms with Crippen LogP contribution in [0.15, 0.2) is 164 Å². The number of rotatable bonds is 4. The molecule has 0 aliphatic heterocycles. The molecule has 0 amide bonds. The second kappa shape index (κ2) is 16.2. The number of nitrogens with zero attached hydrogens (tertiary/aromatic N) is 4. The van der Waals surface area contributed by atoms with Crippen molar-refractivity contribution < 1.29 is 8.83 Å². The van der Waals surface area contributed by atoms with Crippen LogP contribution in [0.5, 0.6) is 0 Å². The van der Waals surface area contributed by atoms with Crippen molar-refractivity contribution in [1.82, 2.24) is 30.4 Å². The van der Waals surface area contributed by atoms with Gasteiger partial charge in [0.2, 0.25) is 0 Å². The van der Waals surface area contributed by atoms with Crippen molar-refractivity contribution in [2.45, 2.75) is 7.43 Å². The molecule has 0 fully saturated rings. The van der Waals surface area contributed by atoms with Gasteiger partial charge in [-0.2, -0.15) is 20.2 Å². The Morgan fingerprint density at radius 1 is 0.536 bits per heavy atom. The summed E-state index contributed by atoms with van der Waals surface area (Å²) in [5.74, 6) is 0. The second-order valence-corrected chi connectivity index (χ2v) is 12.5. The molecule has 10 rings (SSSR count). The topological polar surface area (TPSA) is 182 Å². The van der Waals surface area contributed by atoms with Gasteiger partial charge in [-0.25, -0.2) is 10.2 Å². The van der Waals surface area contributed by atoms with E-state index < -0.39 is 0 Å². The number of H-pyrrole nitrogens is 2. The molecule has 4 heterocycles. The van der Waals surface area contributed by atoms with E-state index in [1.807, 2.05) is 133 Å². The lowest BCUT2D eigenvalue weighted by Crippen LogP contribution is -2.09. The number of para-hydroxylation sites is 4. The standard InChI is InChI=1S/C21H14N4O2.C14H11N3O.C7H4ClNO.CH4/c26-20-16-6-2-1-5-15(16)19(24-25-20)13-9-11-14(12-10-13)22-21-23-17-7-3-4-8-18(17)27-21;15-10-7-5-9(6-8-10)13-11-3-1-2-4-12(11)14(18)17-16-13;8-7-9-5-3-1-2-4-6(5)10-7;/h1-12H,(H,22,23)(H,25,26);1-8H,15H2,(H,17,18);1-4H;1H4. The first-order valence-corrected chi connectivity index (χ1v) is 17.3. The molecule has 5 N–H and O–H groups in total. The summed E-state index contributed by atoms with van der Waals surface area (Å²) in [6, 6.07) is 45.5. The third kappa shape index (κ3) is 7.86. The summed E-state index contributed by atoms with van der Waals surface area (Å²) in [5.41, 5.74) is 13.2. The summed E-state index contributed by atoms with van der Waals surface area (Å²) < 4.78 is 10.7. The molecule has 6 aromatic carbocycles. The van der Waals surface area contributed by atoms with E-state index in [4.69, 9.17) is 26.2 Å². The molecule has 276 valence electrons. The van der Waals surface area contributed by atoms with Crippen LogP contribution < -0.4 is 22.2 Å². The van der Waals surface area contributed by atoms with E-state index in [0.29, 0.717) is 22.5 Å². The van der Waals surface area contributed by atoms with Crippen molar-refractivity contribution >= 4 is 72.7 Å². The molecule has 0 unspecified atom stereocenters. The molecule has 12 nitrogen and oxygen atoms in total. The number of hydrogen-bond acceptors (Lipinski definition) is 10. The number of nitrogen functional groups attached to an aromatic ring is 1. The van der Waals surface area contributed by atoms with Crippen LogP contribution in [-0.2, 0) is 0 Å². The molecular weight excluding hydrogens is 728 g/mol. The quantitative estimate of drug-likeness (QED) is 0.126. The van der Waals surface area contributed by atoms with Crippen molar-refractivity contribution in [3.63, 3.8) is 0 Å². The molecule has 0 aliphatic rings. The maximum absolute atomic E-state index is 11.9. The number of aromatic amines is 2. The summed E-state index contributed by atoms with van der Waals surface area (Å²) in [6.45, 7) is 0. The maximum Gasteiger partial charge on any atom is 0.300 e. The second-order valence-electron chi connectivity index (χ2n) is 12.1. The van der Waals surface area contributed by atoms with E-state index in [2.05, 4.69) is 35.7 Å². The number of benzene rings is 6. The summed E-state index contributed by atoms with van der Waals surface area (Å²) in [7, 11) is 0. The van der Waals surface area contributed by atoms with Gasteiger partial charge in [0.05, 0.1) is 22.2 Å². The van der Waals surface area contributed by atoms with Crippen LogP contribution in [0, 0.1) is 0 Å². The Morgan fingerprint density at radius 2 is 0.982 bits per heavy atom. The number of oxazole rings is 2. The molecule has 0 aliphatic carbocycles. The van der Waals surface area contributed by atoms with Crippen molar-refractivity contribution in [2.24, 2.45) is 0 Å². The Hall–Kier alpha value is -7.57. The zero-order valence-electron chi connectivity index (χ0n) is 28.7. The van der Waals surface area contributed by atoms with Gasteiger partial charge in [-0.15, -0.1) is 0 Å². The lowest BCUT2D eigenvalue weighted by molar-refractivity contribution is 0.604. The fourth-order valence-electron chi connectivity index (χ4n) is 5.92. The molecule has 56 heavy (non-hydrogen) atoms. The van der Waals surface area contributed by atoms with E-state index in [1.54, 1.807) is 12.1 Å². The number of nitrogens with one attached hydrogen (secondary N) is 3. The summed E-state index contributed by atoms with van der Waals surface area (Å²) >= 11 is 5.51. The molecule has 0 bridgehead atoms. The lowest BCUT2D eigenvalue weighted by atomic mass is 10.0. The molecule has 0 spiro atoms. The van der Waals surface area contributed by atoms with Crippen molar-refractivity contribution in [3.8, 4) is 22.5 Å². The zero-order chi connectivity index (χ0) is 37.7.